The van der Waals surface area contributed by atoms with E-state index in [1.165, 1.54) is 22.7 Å². The third-order valence-electron chi connectivity index (χ3n) is 4.50. The van der Waals surface area contributed by atoms with E-state index < -0.39 is 10.0 Å². The number of aryl methyl sites for hydroxylation is 1. The van der Waals surface area contributed by atoms with E-state index in [0.717, 1.165) is 16.7 Å². The second kappa shape index (κ2) is 8.34. The average Bonchev–Trinajstić information content (AvgIpc) is 3.36. The van der Waals surface area contributed by atoms with Crippen molar-refractivity contribution in [1.82, 2.24) is 15.0 Å². The number of sulfonamides is 1. The number of anilines is 1. The van der Waals surface area contributed by atoms with Crippen LogP contribution in [0.4, 0.5) is 5.69 Å². The molecule has 0 aliphatic rings. The topological polar surface area (TPSA) is 96.6 Å². The predicted molar refractivity (Wildman–Crippen MR) is 112 cm³/mol. The number of carbonyl (C=O) groups excluding carboxylic acids is 1. The predicted octanol–water partition coefficient (Wildman–Crippen LogP) is 3.16. The van der Waals surface area contributed by atoms with Crippen LogP contribution < -0.4 is 4.31 Å². The van der Waals surface area contributed by atoms with Gasteiger partial charge < -0.3 is 9.42 Å². The van der Waals surface area contributed by atoms with Crippen LogP contribution in [0, 0.1) is 6.92 Å². The first-order valence-electron chi connectivity index (χ1n) is 8.91. The van der Waals surface area contributed by atoms with Crippen molar-refractivity contribution >= 4 is 33.0 Å². The Morgan fingerprint density at radius 1 is 1.28 bits per heavy atom. The smallest absolute Gasteiger partial charge is 0.254 e. The van der Waals surface area contributed by atoms with E-state index in [1.807, 2.05) is 24.4 Å². The van der Waals surface area contributed by atoms with Crippen LogP contribution in [0.15, 0.2) is 40.2 Å². The van der Waals surface area contributed by atoms with Crippen LogP contribution in [0.3, 0.4) is 0 Å². The molecule has 0 aliphatic carbocycles. The zero-order valence-electron chi connectivity index (χ0n) is 16.6. The normalized spacial score (nSPS) is 11.4. The molecule has 0 saturated heterocycles. The van der Waals surface area contributed by atoms with Crippen molar-refractivity contribution in [2.75, 3.05) is 24.2 Å². The second-order valence-corrected chi connectivity index (χ2v) is 9.50. The average molecular weight is 435 g/mol. The number of hydrogen-bond acceptors (Lipinski definition) is 7. The van der Waals surface area contributed by atoms with Crippen LogP contribution in [0.1, 0.15) is 28.7 Å². The summed E-state index contributed by atoms with van der Waals surface area (Å²) in [5, 5.41) is 5.89. The molecular formula is C19H22N4O4S2. The molecule has 3 rings (SSSR count). The summed E-state index contributed by atoms with van der Waals surface area (Å²) < 4.78 is 30.3. The van der Waals surface area contributed by atoms with Crippen molar-refractivity contribution in [1.29, 1.82) is 0 Å². The maximum atomic E-state index is 13.0. The summed E-state index contributed by atoms with van der Waals surface area (Å²) in [5.74, 6) is 0.585. The van der Waals surface area contributed by atoms with Crippen molar-refractivity contribution in [3.63, 3.8) is 0 Å². The second-order valence-electron chi connectivity index (χ2n) is 6.54. The highest BCUT2D eigenvalue weighted by Crippen LogP contribution is 2.24. The summed E-state index contributed by atoms with van der Waals surface area (Å²) in [7, 11) is -1.97. The molecule has 0 spiro atoms. The quantitative estimate of drug-likeness (QED) is 0.567. The highest BCUT2D eigenvalue weighted by Gasteiger charge is 2.21. The summed E-state index contributed by atoms with van der Waals surface area (Å²) in [6.45, 7) is 4.25. The summed E-state index contributed by atoms with van der Waals surface area (Å²) in [6, 6.07) is 8.81. The molecule has 0 N–H and O–H groups in total. The van der Waals surface area contributed by atoms with Crippen molar-refractivity contribution in [2.45, 2.75) is 20.4 Å². The highest BCUT2D eigenvalue weighted by molar-refractivity contribution is 7.92. The molecule has 1 amide bonds. The molecule has 3 aromatic rings. The Morgan fingerprint density at radius 2 is 2.03 bits per heavy atom. The van der Waals surface area contributed by atoms with Gasteiger partial charge in [-0.3, -0.25) is 9.10 Å². The standard InChI is InChI=1S/C19H22N4O4S2/c1-5-23(12-17-20-18(21-27-17)16-7-6-10-28-16)19(24)14-9-8-13(2)15(11-14)22(3)29(4,25)26/h6-11H,5,12H2,1-4H3. The summed E-state index contributed by atoms with van der Waals surface area (Å²) >= 11 is 1.51. The van der Waals surface area contributed by atoms with Gasteiger partial charge in [0.05, 0.1) is 16.8 Å². The van der Waals surface area contributed by atoms with Crippen LogP contribution in [-0.4, -0.2) is 49.2 Å². The molecule has 0 radical (unpaired) electrons. The number of amides is 1. The van der Waals surface area contributed by atoms with Crippen LogP contribution in [0.25, 0.3) is 10.7 Å². The van der Waals surface area contributed by atoms with Gasteiger partial charge in [-0.2, -0.15) is 4.98 Å². The van der Waals surface area contributed by atoms with E-state index in [2.05, 4.69) is 10.1 Å². The zero-order chi connectivity index (χ0) is 21.2. The Bertz CT molecular complexity index is 1110. The van der Waals surface area contributed by atoms with E-state index in [4.69, 9.17) is 4.52 Å². The van der Waals surface area contributed by atoms with Gasteiger partial charge in [0.2, 0.25) is 21.7 Å². The van der Waals surface area contributed by atoms with E-state index in [1.54, 1.807) is 30.0 Å². The number of aromatic nitrogens is 2. The SMILES string of the molecule is CCN(Cc1nc(-c2cccs2)no1)C(=O)c1ccc(C)c(N(C)S(C)(=O)=O)c1. The Balaban J connectivity index is 1.83. The van der Waals surface area contributed by atoms with E-state index in [9.17, 15) is 13.2 Å². The first-order valence-corrected chi connectivity index (χ1v) is 11.6. The molecule has 10 heteroatoms. The molecule has 154 valence electrons. The van der Waals surface area contributed by atoms with Crippen molar-refractivity contribution in [3.05, 3.63) is 52.7 Å². The number of hydrogen-bond donors (Lipinski definition) is 0. The first-order chi connectivity index (χ1) is 13.7. The first kappa shape index (κ1) is 21.0. The monoisotopic (exact) mass is 434 g/mol. The van der Waals surface area contributed by atoms with Gasteiger partial charge in [0, 0.05) is 19.2 Å². The molecule has 2 aromatic heterocycles. The molecule has 0 bridgehead atoms. The Kier molecular flexibility index (Phi) is 6.04. The molecule has 1 aromatic carbocycles. The van der Waals surface area contributed by atoms with Gasteiger partial charge in [0.15, 0.2) is 0 Å². The molecule has 0 aliphatic heterocycles. The van der Waals surface area contributed by atoms with Gasteiger partial charge in [-0.25, -0.2) is 8.42 Å². The minimum atomic E-state index is -3.44. The molecule has 0 atom stereocenters. The maximum absolute atomic E-state index is 13.0. The zero-order valence-corrected chi connectivity index (χ0v) is 18.2. The van der Waals surface area contributed by atoms with Gasteiger partial charge >= 0.3 is 0 Å². The van der Waals surface area contributed by atoms with Gasteiger partial charge in [-0.05, 0) is 43.0 Å². The van der Waals surface area contributed by atoms with Crippen molar-refractivity contribution < 1.29 is 17.7 Å². The molecule has 0 saturated carbocycles. The van der Waals surface area contributed by atoms with Crippen LogP contribution >= 0.6 is 11.3 Å². The van der Waals surface area contributed by atoms with E-state index >= 15 is 0 Å². The fourth-order valence-corrected chi connectivity index (χ4v) is 3.96. The van der Waals surface area contributed by atoms with Gasteiger partial charge in [0.1, 0.15) is 6.54 Å². The molecule has 2 heterocycles. The molecule has 0 unspecified atom stereocenters. The Labute approximate surface area is 173 Å². The summed E-state index contributed by atoms with van der Waals surface area (Å²) in [5.41, 5.74) is 1.61. The maximum Gasteiger partial charge on any atom is 0.254 e. The van der Waals surface area contributed by atoms with Crippen LogP contribution in [-0.2, 0) is 16.6 Å². The fourth-order valence-electron chi connectivity index (χ4n) is 2.76. The largest absolute Gasteiger partial charge is 0.337 e. The van der Waals surface area contributed by atoms with E-state index in [-0.39, 0.29) is 12.5 Å². The number of rotatable bonds is 7. The third kappa shape index (κ3) is 4.65. The molecule has 8 nitrogen and oxygen atoms in total. The lowest BCUT2D eigenvalue weighted by Gasteiger charge is -2.22. The number of thiophene rings is 1. The van der Waals surface area contributed by atoms with Gasteiger partial charge in [-0.1, -0.05) is 17.3 Å². The minimum absolute atomic E-state index is 0.166. The van der Waals surface area contributed by atoms with Gasteiger partial charge in [-0.15, -0.1) is 11.3 Å². The Hall–Kier alpha value is -2.72. The highest BCUT2D eigenvalue weighted by atomic mass is 32.2. The fraction of sp³-hybridized carbons (Fsp3) is 0.316. The molecule has 0 fully saturated rings. The minimum Gasteiger partial charge on any atom is -0.337 e. The number of benzene rings is 1. The lowest BCUT2D eigenvalue weighted by atomic mass is 10.1. The molecular weight excluding hydrogens is 412 g/mol. The number of nitrogens with zero attached hydrogens (tertiary/aromatic N) is 4. The lowest BCUT2D eigenvalue weighted by Crippen LogP contribution is -2.31. The molecule has 29 heavy (non-hydrogen) atoms. The van der Waals surface area contributed by atoms with Crippen molar-refractivity contribution in [2.24, 2.45) is 0 Å². The van der Waals surface area contributed by atoms with Gasteiger partial charge in [0.25, 0.3) is 5.91 Å². The van der Waals surface area contributed by atoms with Crippen molar-refractivity contribution in [3.8, 4) is 10.7 Å². The Morgan fingerprint density at radius 3 is 2.66 bits per heavy atom. The van der Waals surface area contributed by atoms with E-state index in [0.29, 0.717) is 29.5 Å². The number of carbonyl (C=O) groups is 1. The lowest BCUT2D eigenvalue weighted by molar-refractivity contribution is 0.0734. The third-order valence-corrected chi connectivity index (χ3v) is 6.55. The van der Waals surface area contributed by atoms with Crippen LogP contribution in [0.2, 0.25) is 0 Å². The summed E-state index contributed by atoms with van der Waals surface area (Å²) in [4.78, 5) is 19.8. The van der Waals surface area contributed by atoms with Crippen LogP contribution in [0.5, 0.6) is 0 Å². The summed E-state index contributed by atoms with van der Waals surface area (Å²) in [6.07, 6.45) is 1.13.